The first-order chi connectivity index (χ1) is 8.88. The molecule has 102 valence electrons. The van der Waals surface area contributed by atoms with Crippen molar-refractivity contribution in [1.82, 2.24) is 9.71 Å². The van der Waals surface area contributed by atoms with E-state index in [-0.39, 0.29) is 11.4 Å². The predicted molar refractivity (Wildman–Crippen MR) is 79.8 cm³/mol. The number of thiazole rings is 1. The van der Waals surface area contributed by atoms with Crippen LogP contribution in [-0.2, 0) is 16.6 Å². The van der Waals surface area contributed by atoms with Crippen molar-refractivity contribution in [3.8, 4) is 0 Å². The van der Waals surface area contributed by atoms with Crippen LogP contribution in [0.15, 0.2) is 32.9 Å². The summed E-state index contributed by atoms with van der Waals surface area (Å²) in [5, 5.41) is 2.65. The molecule has 2 aromatic rings. The van der Waals surface area contributed by atoms with Crippen LogP contribution in [-0.4, -0.2) is 13.4 Å². The van der Waals surface area contributed by atoms with Gasteiger partial charge in [0, 0.05) is 15.5 Å². The zero-order chi connectivity index (χ0) is 14.0. The fraction of sp³-hybridized carbons (Fsp3) is 0.250. The SMILES string of the molecule is Cc1ccc(S(=O)(=O)NCc2nc(C)cs2)c(Br)c1. The number of aromatic nitrogens is 1. The number of benzene rings is 1. The average Bonchev–Trinajstić information content (AvgIpc) is 2.72. The number of hydrogen-bond donors (Lipinski definition) is 1. The first-order valence-corrected chi connectivity index (χ1v) is 8.71. The summed E-state index contributed by atoms with van der Waals surface area (Å²) in [5.41, 5.74) is 1.90. The van der Waals surface area contributed by atoms with Crippen LogP contribution >= 0.6 is 27.3 Å². The Kier molecular flexibility index (Phi) is 4.39. The Bertz CT molecular complexity index is 696. The highest BCUT2D eigenvalue weighted by atomic mass is 79.9. The highest BCUT2D eigenvalue weighted by Crippen LogP contribution is 2.23. The zero-order valence-electron chi connectivity index (χ0n) is 10.5. The minimum Gasteiger partial charge on any atom is -0.245 e. The quantitative estimate of drug-likeness (QED) is 0.911. The highest BCUT2D eigenvalue weighted by Gasteiger charge is 2.17. The van der Waals surface area contributed by atoms with E-state index in [1.807, 2.05) is 19.2 Å². The molecular weight excluding hydrogens is 348 g/mol. The molecule has 0 amide bonds. The molecule has 0 unspecified atom stereocenters. The maximum absolute atomic E-state index is 12.2. The van der Waals surface area contributed by atoms with E-state index < -0.39 is 10.0 Å². The third-order valence-electron chi connectivity index (χ3n) is 2.46. The summed E-state index contributed by atoms with van der Waals surface area (Å²) >= 11 is 4.72. The van der Waals surface area contributed by atoms with Crippen molar-refractivity contribution in [3.05, 3.63) is 44.3 Å². The second kappa shape index (κ2) is 5.70. The number of aryl methyl sites for hydroxylation is 2. The van der Waals surface area contributed by atoms with Crippen molar-refractivity contribution in [2.24, 2.45) is 0 Å². The Morgan fingerprint density at radius 3 is 2.68 bits per heavy atom. The summed E-state index contributed by atoms with van der Waals surface area (Å²) in [6.07, 6.45) is 0. The number of nitrogens with one attached hydrogen (secondary N) is 1. The molecule has 4 nitrogen and oxygen atoms in total. The van der Waals surface area contributed by atoms with E-state index in [1.165, 1.54) is 11.3 Å². The minimum absolute atomic E-state index is 0.209. The Balaban J connectivity index is 2.18. The molecule has 0 saturated carbocycles. The Morgan fingerprint density at radius 2 is 2.11 bits per heavy atom. The van der Waals surface area contributed by atoms with Gasteiger partial charge in [-0.25, -0.2) is 18.1 Å². The number of hydrogen-bond acceptors (Lipinski definition) is 4. The van der Waals surface area contributed by atoms with Crippen LogP contribution in [0.3, 0.4) is 0 Å². The predicted octanol–water partition coefficient (Wildman–Crippen LogP) is 3.00. The molecule has 7 heteroatoms. The topological polar surface area (TPSA) is 59.1 Å². The van der Waals surface area contributed by atoms with Gasteiger partial charge in [0.1, 0.15) is 5.01 Å². The van der Waals surface area contributed by atoms with E-state index >= 15 is 0 Å². The first-order valence-electron chi connectivity index (χ1n) is 5.55. The van der Waals surface area contributed by atoms with Gasteiger partial charge < -0.3 is 0 Å². The van der Waals surface area contributed by atoms with E-state index in [4.69, 9.17) is 0 Å². The maximum atomic E-state index is 12.2. The van der Waals surface area contributed by atoms with Crippen LogP contribution < -0.4 is 4.72 Å². The maximum Gasteiger partial charge on any atom is 0.242 e. The van der Waals surface area contributed by atoms with Crippen LogP contribution in [0, 0.1) is 13.8 Å². The summed E-state index contributed by atoms with van der Waals surface area (Å²) in [6.45, 7) is 4.00. The Morgan fingerprint density at radius 1 is 1.37 bits per heavy atom. The molecule has 19 heavy (non-hydrogen) atoms. The third kappa shape index (κ3) is 3.62. The normalized spacial score (nSPS) is 11.7. The van der Waals surface area contributed by atoms with Gasteiger partial charge >= 0.3 is 0 Å². The molecule has 0 aliphatic rings. The zero-order valence-corrected chi connectivity index (χ0v) is 13.7. The van der Waals surface area contributed by atoms with Crippen LogP contribution in [0.4, 0.5) is 0 Å². The van der Waals surface area contributed by atoms with E-state index in [0.29, 0.717) is 4.47 Å². The molecule has 0 bridgehead atoms. The number of nitrogens with zero attached hydrogens (tertiary/aromatic N) is 1. The van der Waals surface area contributed by atoms with Crippen LogP contribution in [0.25, 0.3) is 0 Å². The standard InChI is InChI=1S/C12H13BrN2O2S2/c1-8-3-4-11(10(13)5-8)19(16,17)14-6-12-15-9(2)7-18-12/h3-5,7,14H,6H2,1-2H3. The van der Waals surface area contributed by atoms with Gasteiger partial charge in [-0.1, -0.05) is 6.07 Å². The van der Waals surface area contributed by atoms with E-state index in [0.717, 1.165) is 16.3 Å². The average molecular weight is 361 g/mol. The third-order valence-corrected chi connectivity index (χ3v) is 5.80. The van der Waals surface area contributed by atoms with Crippen LogP contribution in [0.2, 0.25) is 0 Å². The molecule has 0 radical (unpaired) electrons. The lowest BCUT2D eigenvalue weighted by atomic mass is 10.2. The number of halogens is 1. The second-order valence-corrected chi connectivity index (χ2v) is 7.67. The Labute approximate surface area is 125 Å². The lowest BCUT2D eigenvalue weighted by Gasteiger charge is -2.08. The molecule has 0 aliphatic heterocycles. The van der Waals surface area contributed by atoms with Crippen molar-refractivity contribution < 1.29 is 8.42 Å². The van der Waals surface area contributed by atoms with Crippen molar-refractivity contribution in [1.29, 1.82) is 0 Å². The van der Waals surface area contributed by atoms with E-state index in [1.54, 1.807) is 18.2 Å². The molecule has 1 N–H and O–H groups in total. The van der Waals surface area contributed by atoms with Gasteiger partial charge in [-0.3, -0.25) is 0 Å². The monoisotopic (exact) mass is 360 g/mol. The highest BCUT2D eigenvalue weighted by molar-refractivity contribution is 9.10. The summed E-state index contributed by atoms with van der Waals surface area (Å²) in [7, 11) is -3.53. The van der Waals surface area contributed by atoms with E-state index in [9.17, 15) is 8.42 Å². The largest absolute Gasteiger partial charge is 0.245 e. The molecule has 1 heterocycles. The number of sulfonamides is 1. The lowest BCUT2D eigenvalue weighted by molar-refractivity contribution is 0.580. The van der Waals surface area contributed by atoms with Gasteiger partial charge in [0.15, 0.2) is 0 Å². The van der Waals surface area contributed by atoms with Gasteiger partial charge in [-0.2, -0.15) is 0 Å². The van der Waals surface area contributed by atoms with Crippen molar-refractivity contribution in [2.75, 3.05) is 0 Å². The van der Waals surface area contributed by atoms with Gasteiger partial charge in [0.25, 0.3) is 0 Å². The van der Waals surface area contributed by atoms with Crippen molar-refractivity contribution in [3.63, 3.8) is 0 Å². The Hall–Kier alpha value is -0.760. The lowest BCUT2D eigenvalue weighted by Crippen LogP contribution is -2.23. The summed E-state index contributed by atoms with van der Waals surface area (Å²) in [4.78, 5) is 4.47. The van der Waals surface area contributed by atoms with Crippen LogP contribution in [0.5, 0.6) is 0 Å². The molecule has 1 aromatic heterocycles. The fourth-order valence-corrected chi connectivity index (χ4v) is 4.52. The molecule has 2 rings (SSSR count). The molecule has 1 aromatic carbocycles. The first kappa shape index (κ1) is 14.6. The summed E-state index contributed by atoms with van der Waals surface area (Å²) in [5.74, 6) is 0. The molecule has 0 spiro atoms. The second-order valence-electron chi connectivity index (χ2n) is 4.14. The molecular formula is C12H13BrN2O2S2. The number of rotatable bonds is 4. The van der Waals surface area contributed by atoms with Gasteiger partial charge in [-0.15, -0.1) is 11.3 Å². The summed E-state index contributed by atoms with van der Waals surface area (Å²) < 4.78 is 27.5. The minimum atomic E-state index is -3.53. The molecule has 0 saturated heterocycles. The van der Waals surface area contributed by atoms with Gasteiger partial charge in [0.2, 0.25) is 10.0 Å². The van der Waals surface area contributed by atoms with Gasteiger partial charge in [0.05, 0.1) is 11.4 Å². The van der Waals surface area contributed by atoms with E-state index in [2.05, 4.69) is 25.6 Å². The van der Waals surface area contributed by atoms with Gasteiger partial charge in [-0.05, 0) is 47.5 Å². The smallest absolute Gasteiger partial charge is 0.242 e. The molecule has 0 atom stereocenters. The summed E-state index contributed by atoms with van der Waals surface area (Å²) in [6, 6.07) is 5.14. The fourth-order valence-electron chi connectivity index (χ4n) is 1.54. The molecule has 0 fully saturated rings. The molecule has 0 aliphatic carbocycles. The van der Waals surface area contributed by atoms with Crippen LogP contribution in [0.1, 0.15) is 16.3 Å². The van der Waals surface area contributed by atoms with Crippen molar-refractivity contribution in [2.45, 2.75) is 25.3 Å². The van der Waals surface area contributed by atoms with Crippen molar-refractivity contribution >= 4 is 37.3 Å².